The third-order valence-corrected chi connectivity index (χ3v) is 2.25. The second kappa shape index (κ2) is 4.49. The van der Waals surface area contributed by atoms with E-state index in [1.807, 2.05) is 0 Å². The fraction of sp³-hybridized carbons (Fsp3) is 0.300. The molecular formula is C10H13N7O. The highest BCUT2D eigenvalue weighted by atomic mass is 16.1. The zero-order valence-electron chi connectivity index (χ0n) is 10.0. The Labute approximate surface area is 103 Å². The van der Waals surface area contributed by atoms with E-state index >= 15 is 0 Å². The smallest absolute Gasteiger partial charge is 0.268 e. The molecule has 0 radical (unpaired) electrons. The first-order chi connectivity index (χ1) is 8.49. The molecule has 2 rings (SSSR count). The van der Waals surface area contributed by atoms with Crippen LogP contribution >= 0.6 is 0 Å². The van der Waals surface area contributed by atoms with Crippen molar-refractivity contribution in [1.82, 2.24) is 24.7 Å². The summed E-state index contributed by atoms with van der Waals surface area (Å²) in [6, 6.07) is -0.288. The molecule has 94 valence electrons. The van der Waals surface area contributed by atoms with Crippen LogP contribution in [0, 0.1) is 6.92 Å². The summed E-state index contributed by atoms with van der Waals surface area (Å²) in [5, 5.41) is 4.18. The molecule has 1 atom stereocenters. The van der Waals surface area contributed by atoms with Crippen molar-refractivity contribution in [2.75, 3.05) is 0 Å². The fourth-order valence-corrected chi connectivity index (χ4v) is 1.45. The van der Waals surface area contributed by atoms with Gasteiger partial charge in [0.05, 0.1) is 18.4 Å². The number of aryl methyl sites for hydroxylation is 1. The SMILES string of the molecule is Cc1nc(C(C)N)n(-c2cnc(C(N)=O)cn2)n1. The van der Waals surface area contributed by atoms with E-state index in [1.165, 1.54) is 17.1 Å². The van der Waals surface area contributed by atoms with Crippen LogP contribution in [0.25, 0.3) is 5.82 Å². The number of nitrogens with two attached hydrogens (primary N) is 2. The van der Waals surface area contributed by atoms with Crippen molar-refractivity contribution in [3.63, 3.8) is 0 Å². The van der Waals surface area contributed by atoms with E-state index in [2.05, 4.69) is 20.1 Å². The standard InChI is InChI=1S/C10H13N7O/c1-5(11)10-15-6(2)16-17(10)8-4-13-7(3-14-8)9(12)18/h3-5H,11H2,1-2H3,(H2,12,18). The first-order valence-corrected chi connectivity index (χ1v) is 5.30. The summed E-state index contributed by atoms with van der Waals surface area (Å²) in [5.74, 6) is 0.973. The van der Waals surface area contributed by atoms with Gasteiger partial charge in [0.25, 0.3) is 5.91 Å². The van der Waals surface area contributed by atoms with Gasteiger partial charge in [0, 0.05) is 0 Å². The van der Waals surface area contributed by atoms with Gasteiger partial charge in [-0.25, -0.2) is 15.0 Å². The molecule has 1 unspecified atom stereocenters. The minimum Gasteiger partial charge on any atom is -0.364 e. The van der Waals surface area contributed by atoms with Gasteiger partial charge >= 0.3 is 0 Å². The van der Waals surface area contributed by atoms with Crippen LogP contribution in [0.3, 0.4) is 0 Å². The summed E-state index contributed by atoms with van der Waals surface area (Å²) < 4.78 is 1.50. The summed E-state index contributed by atoms with van der Waals surface area (Å²) >= 11 is 0. The topological polar surface area (TPSA) is 126 Å². The number of carbonyl (C=O) groups is 1. The second-order valence-corrected chi connectivity index (χ2v) is 3.84. The molecule has 0 bridgehead atoms. The molecule has 0 spiro atoms. The number of hydrogen-bond acceptors (Lipinski definition) is 6. The van der Waals surface area contributed by atoms with Crippen LogP contribution in [0.4, 0.5) is 0 Å². The lowest BCUT2D eigenvalue weighted by Crippen LogP contribution is -2.16. The summed E-state index contributed by atoms with van der Waals surface area (Å²) in [7, 11) is 0. The number of amides is 1. The molecule has 2 heterocycles. The van der Waals surface area contributed by atoms with E-state index in [-0.39, 0.29) is 11.7 Å². The summed E-state index contributed by atoms with van der Waals surface area (Å²) in [4.78, 5) is 23.1. The number of rotatable bonds is 3. The third kappa shape index (κ3) is 2.18. The maximum atomic E-state index is 10.9. The molecule has 0 aliphatic carbocycles. The number of primary amides is 1. The Kier molecular flexibility index (Phi) is 3.02. The second-order valence-electron chi connectivity index (χ2n) is 3.84. The van der Waals surface area contributed by atoms with Gasteiger partial charge in [-0.15, -0.1) is 5.10 Å². The van der Waals surface area contributed by atoms with Gasteiger partial charge in [-0.2, -0.15) is 4.68 Å². The molecule has 8 nitrogen and oxygen atoms in total. The molecule has 1 amide bonds. The predicted octanol–water partition coefficient (Wildman–Crippen LogP) is -0.516. The van der Waals surface area contributed by atoms with E-state index in [0.717, 1.165) is 0 Å². The number of aromatic nitrogens is 5. The Bertz CT molecular complexity index is 572. The zero-order chi connectivity index (χ0) is 13.3. The van der Waals surface area contributed by atoms with Crippen molar-refractivity contribution in [2.24, 2.45) is 11.5 Å². The largest absolute Gasteiger partial charge is 0.364 e. The molecule has 8 heteroatoms. The van der Waals surface area contributed by atoms with Crippen LogP contribution in [-0.4, -0.2) is 30.6 Å². The molecule has 0 aromatic carbocycles. The van der Waals surface area contributed by atoms with E-state index in [0.29, 0.717) is 17.5 Å². The first kappa shape index (κ1) is 12.1. The van der Waals surface area contributed by atoms with E-state index in [9.17, 15) is 4.79 Å². The predicted molar refractivity (Wildman–Crippen MR) is 62.8 cm³/mol. The van der Waals surface area contributed by atoms with Gasteiger partial charge in [-0.1, -0.05) is 0 Å². The van der Waals surface area contributed by atoms with Gasteiger partial charge in [0.1, 0.15) is 11.5 Å². The minimum atomic E-state index is -0.628. The average Bonchev–Trinajstić information content (AvgIpc) is 2.71. The molecule has 0 saturated heterocycles. The van der Waals surface area contributed by atoms with Crippen LogP contribution in [0.15, 0.2) is 12.4 Å². The van der Waals surface area contributed by atoms with Gasteiger partial charge in [-0.05, 0) is 13.8 Å². The van der Waals surface area contributed by atoms with Gasteiger partial charge in [0.2, 0.25) is 0 Å². The summed E-state index contributed by atoms with van der Waals surface area (Å²) in [6.45, 7) is 3.55. The van der Waals surface area contributed by atoms with Crippen LogP contribution in [0.5, 0.6) is 0 Å². The monoisotopic (exact) mass is 247 g/mol. The molecule has 0 aliphatic heterocycles. The Morgan fingerprint density at radius 3 is 2.61 bits per heavy atom. The van der Waals surface area contributed by atoms with Gasteiger partial charge < -0.3 is 11.5 Å². The van der Waals surface area contributed by atoms with Gasteiger partial charge in [0.15, 0.2) is 11.6 Å². The van der Waals surface area contributed by atoms with Crippen LogP contribution in [0.1, 0.15) is 35.1 Å². The molecule has 0 aliphatic rings. The average molecular weight is 247 g/mol. The highest BCUT2D eigenvalue weighted by molar-refractivity contribution is 5.90. The first-order valence-electron chi connectivity index (χ1n) is 5.30. The van der Waals surface area contributed by atoms with E-state index in [1.54, 1.807) is 13.8 Å². The summed E-state index contributed by atoms with van der Waals surface area (Å²) in [5.41, 5.74) is 11.0. The molecule has 18 heavy (non-hydrogen) atoms. The van der Waals surface area contributed by atoms with Crippen LogP contribution < -0.4 is 11.5 Å². The lowest BCUT2D eigenvalue weighted by atomic mass is 10.3. The normalized spacial score (nSPS) is 12.4. The van der Waals surface area contributed by atoms with Gasteiger partial charge in [-0.3, -0.25) is 4.79 Å². The quantitative estimate of drug-likeness (QED) is 0.751. The third-order valence-electron chi connectivity index (χ3n) is 2.25. The van der Waals surface area contributed by atoms with E-state index in [4.69, 9.17) is 11.5 Å². The molecular weight excluding hydrogens is 234 g/mol. The van der Waals surface area contributed by atoms with E-state index < -0.39 is 5.91 Å². The molecule has 0 fully saturated rings. The minimum absolute atomic E-state index is 0.0953. The maximum Gasteiger partial charge on any atom is 0.268 e. The number of hydrogen-bond donors (Lipinski definition) is 2. The van der Waals surface area contributed by atoms with Crippen molar-refractivity contribution in [3.8, 4) is 5.82 Å². The molecule has 0 saturated carbocycles. The highest BCUT2D eigenvalue weighted by Crippen LogP contribution is 2.11. The lowest BCUT2D eigenvalue weighted by molar-refractivity contribution is 0.0995. The van der Waals surface area contributed by atoms with Crippen molar-refractivity contribution in [1.29, 1.82) is 0 Å². The van der Waals surface area contributed by atoms with Crippen molar-refractivity contribution in [3.05, 3.63) is 29.7 Å². The van der Waals surface area contributed by atoms with Crippen molar-refractivity contribution >= 4 is 5.91 Å². The van der Waals surface area contributed by atoms with Crippen LogP contribution in [0.2, 0.25) is 0 Å². The summed E-state index contributed by atoms with van der Waals surface area (Å²) in [6.07, 6.45) is 2.69. The van der Waals surface area contributed by atoms with Crippen molar-refractivity contribution in [2.45, 2.75) is 19.9 Å². The van der Waals surface area contributed by atoms with Crippen molar-refractivity contribution < 1.29 is 4.79 Å². The Morgan fingerprint density at radius 2 is 2.11 bits per heavy atom. The maximum absolute atomic E-state index is 10.9. The Hall–Kier alpha value is -2.35. The Balaban J connectivity index is 2.45. The van der Waals surface area contributed by atoms with Crippen LogP contribution in [-0.2, 0) is 0 Å². The number of nitrogens with zero attached hydrogens (tertiary/aromatic N) is 5. The Morgan fingerprint density at radius 1 is 1.39 bits per heavy atom. The molecule has 2 aromatic heterocycles. The lowest BCUT2D eigenvalue weighted by Gasteiger charge is -2.06. The highest BCUT2D eigenvalue weighted by Gasteiger charge is 2.14. The zero-order valence-corrected chi connectivity index (χ0v) is 10.0. The molecule has 2 aromatic rings. The number of carbonyl (C=O) groups excluding carboxylic acids is 1. The molecule has 4 N–H and O–H groups in total. The fourth-order valence-electron chi connectivity index (χ4n) is 1.45.